The van der Waals surface area contributed by atoms with Crippen LogP contribution in [0.4, 0.5) is 0 Å². The van der Waals surface area contributed by atoms with Gasteiger partial charge in [0.05, 0.1) is 13.2 Å². The van der Waals surface area contributed by atoms with Crippen LogP contribution in [0.2, 0.25) is 0 Å². The molecular weight excluding hydrogens is 296 g/mol. The summed E-state index contributed by atoms with van der Waals surface area (Å²) < 4.78 is 5.53. The van der Waals surface area contributed by atoms with E-state index < -0.39 is 0 Å². The van der Waals surface area contributed by atoms with Crippen molar-refractivity contribution in [1.82, 2.24) is 10.2 Å². The predicted octanol–water partition coefficient (Wildman–Crippen LogP) is 2.28. The molecule has 5 heteroatoms. The average molecular weight is 327 g/mol. The molecule has 0 unspecified atom stereocenters. The Bertz CT molecular complexity index is 373. The Morgan fingerprint density at radius 1 is 1.23 bits per heavy atom. The van der Waals surface area contributed by atoms with Crippen molar-refractivity contribution in [2.45, 2.75) is 57.0 Å². The molecule has 0 spiro atoms. The Hall–Kier alpha value is -0.260. The summed E-state index contributed by atoms with van der Waals surface area (Å²) in [6.45, 7) is 5.93. The highest BCUT2D eigenvalue weighted by molar-refractivity contribution is 7.99. The summed E-state index contributed by atoms with van der Waals surface area (Å²) in [5, 5.41) is 3.40. The van der Waals surface area contributed by atoms with Crippen molar-refractivity contribution in [1.29, 1.82) is 0 Å². The number of nitrogens with one attached hydrogen (secondary N) is 1. The van der Waals surface area contributed by atoms with Crippen LogP contribution in [0.1, 0.15) is 45.4 Å². The van der Waals surface area contributed by atoms with E-state index in [4.69, 9.17) is 4.74 Å². The Balaban J connectivity index is 1.64. The first-order valence-corrected chi connectivity index (χ1v) is 10.1. The summed E-state index contributed by atoms with van der Waals surface area (Å²) >= 11 is 1.98. The molecule has 1 amide bonds. The molecule has 2 saturated heterocycles. The Morgan fingerprint density at radius 3 is 2.50 bits per heavy atom. The maximum absolute atomic E-state index is 12.6. The molecule has 0 aromatic heterocycles. The van der Waals surface area contributed by atoms with Gasteiger partial charge in [0.15, 0.2) is 0 Å². The van der Waals surface area contributed by atoms with Gasteiger partial charge in [-0.25, -0.2) is 0 Å². The molecule has 1 saturated carbocycles. The van der Waals surface area contributed by atoms with Gasteiger partial charge in [0.25, 0.3) is 0 Å². The number of thioether (sulfide) groups is 1. The van der Waals surface area contributed by atoms with E-state index in [0.717, 1.165) is 50.7 Å². The maximum Gasteiger partial charge on any atom is 0.223 e. The predicted molar refractivity (Wildman–Crippen MR) is 91.2 cm³/mol. The average Bonchev–Trinajstić information content (AvgIpc) is 3.07. The van der Waals surface area contributed by atoms with Crippen LogP contribution in [0.3, 0.4) is 0 Å². The van der Waals surface area contributed by atoms with Crippen molar-refractivity contribution < 1.29 is 9.53 Å². The number of carbonyl (C=O) groups is 1. The second kappa shape index (κ2) is 7.54. The van der Waals surface area contributed by atoms with Crippen LogP contribution in [0.25, 0.3) is 0 Å². The van der Waals surface area contributed by atoms with E-state index >= 15 is 0 Å². The molecule has 22 heavy (non-hydrogen) atoms. The van der Waals surface area contributed by atoms with E-state index in [1.165, 1.54) is 25.7 Å². The van der Waals surface area contributed by atoms with Crippen molar-refractivity contribution in [3.8, 4) is 0 Å². The van der Waals surface area contributed by atoms with Gasteiger partial charge in [0.1, 0.15) is 0 Å². The molecule has 2 heterocycles. The number of carbonyl (C=O) groups excluding carboxylic acids is 1. The van der Waals surface area contributed by atoms with Gasteiger partial charge in [-0.1, -0.05) is 12.8 Å². The number of ether oxygens (including phenoxy) is 1. The van der Waals surface area contributed by atoms with E-state index in [1.807, 2.05) is 11.8 Å². The zero-order valence-corrected chi connectivity index (χ0v) is 14.6. The summed E-state index contributed by atoms with van der Waals surface area (Å²) in [6.07, 6.45) is 7.11. The van der Waals surface area contributed by atoms with Gasteiger partial charge in [0, 0.05) is 30.6 Å². The van der Waals surface area contributed by atoms with E-state index in [0.29, 0.717) is 5.91 Å². The third-order valence-electron chi connectivity index (χ3n) is 5.87. The van der Waals surface area contributed by atoms with E-state index in [-0.39, 0.29) is 17.5 Å². The standard InChI is InChI=1S/C17H30N2O2S/c1-14(18-16(20)15-4-12-22-13-5-15)17(6-2-3-7-17)19-8-10-21-11-9-19/h14-15H,2-13H2,1H3,(H,18,20)/t14-/m1/s1. The fourth-order valence-electron chi connectivity index (χ4n) is 4.44. The number of nitrogens with zero attached hydrogens (tertiary/aromatic N) is 1. The van der Waals surface area contributed by atoms with E-state index in [1.54, 1.807) is 0 Å². The number of amides is 1. The largest absolute Gasteiger partial charge is 0.379 e. The highest BCUT2D eigenvalue weighted by atomic mass is 32.2. The first-order valence-electron chi connectivity index (χ1n) is 8.93. The van der Waals surface area contributed by atoms with Crippen LogP contribution in [0.5, 0.6) is 0 Å². The topological polar surface area (TPSA) is 41.6 Å². The minimum atomic E-state index is 0.170. The monoisotopic (exact) mass is 326 g/mol. The quantitative estimate of drug-likeness (QED) is 0.860. The molecule has 0 aromatic rings. The molecule has 0 aromatic carbocycles. The lowest BCUT2D eigenvalue weighted by atomic mass is 9.86. The molecule has 0 bridgehead atoms. The molecule has 126 valence electrons. The highest BCUT2D eigenvalue weighted by Gasteiger charge is 2.45. The second-order valence-corrected chi connectivity index (χ2v) is 8.25. The van der Waals surface area contributed by atoms with Gasteiger partial charge < -0.3 is 10.1 Å². The molecule has 1 aliphatic carbocycles. The fraction of sp³-hybridized carbons (Fsp3) is 0.941. The van der Waals surface area contributed by atoms with Crippen LogP contribution >= 0.6 is 11.8 Å². The molecular formula is C17H30N2O2S. The number of rotatable bonds is 4. The summed E-state index contributed by atoms with van der Waals surface area (Å²) in [5.74, 6) is 2.82. The second-order valence-electron chi connectivity index (χ2n) is 7.03. The van der Waals surface area contributed by atoms with Gasteiger partial charge in [-0.2, -0.15) is 11.8 Å². The SMILES string of the molecule is C[C@@H](NC(=O)C1CCSCC1)C1(N2CCOCC2)CCCC1. The van der Waals surface area contributed by atoms with Crippen LogP contribution in [0.15, 0.2) is 0 Å². The number of hydrogen-bond donors (Lipinski definition) is 1. The fourth-order valence-corrected chi connectivity index (χ4v) is 5.55. The van der Waals surface area contributed by atoms with Crippen molar-refractivity contribution in [2.24, 2.45) is 5.92 Å². The van der Waals surface area contributed by atoms with Gasteiger partial charge >= 0.3 is 0 Å². The van der Waals surface area contributed by atoms with Gasteiger partial charge in [0.2, 0.25) is 5.91 Å². The first kappa shape index (κ1) is 16.6. The summed E-state index contributed by atoms with van der Waals surface area (Å²) in [7, 11) is 0. The number of hydrogen-bond acceptors (Lipinski definition) is 4. The minimum Gasteiger partial charge on any atom is -0.379 e. The third kappa shape index (κ3) is 3.46. The van der Waals surface area contributed by atoms with E-state index in [2.05, 4.69) is 17.1 Å². The Labute approximate surface area is 138 Å². The van der Waals surface area contributed by atoms with Crippen molar-refractivity contribution >= 4 is 17.7 Å². The normalized spacial score (nSPS) is 28.4. The van der Waals surface area contributed by atoms with Crippen molar-refractivity contribution in [2.75, 3.05) is 37.8 Å². The van der Waals surface area contributed by atoms with E-state index in [9.17, 15) is 4.79 Å². The minimum absolute atomic E-state index is 0.170. The number of morpholine rings is 1. The highest BCUT2D eigenvalue weighted by Crippen LogP contribution is 2.39. The summed E-state index contributed by atoms with van der Waals surface area (Å²) in [4.78, 5) is 15.2. The maximum atomic E-state index is 12.6. The van der Waals surface area contributed by atoms with Gasteiger partial charge in [-0.05, 0) is 44.1 Å². The summed E-state index contributed by atoms with van der Waals surface area (Å²) in [6, 6.07) is 0.246. The van der Waals surface area contributed by atoms with Gasteiger partial charge in [-0.3, -0.25) is 9.69 Å². The van der Waals surface area contributed by atoms with Crippen molar-refractivity contribution in [3.05, 3.63) is 0 Å². The van der Waals surface area contributed by atoms with Crippen LogP contribution in [0, 0.1) is 5.92 Å². The molecule has 0 radical (unpaired) electrons. The zero-order valence-electron chi connectivity index (χ0n) is 13.8. The molecule has 3 rings (SSSR count). The molecule has 3 aliphatic rings. The lowest BCUT2D eigenvalue weighted by molar-refractivity contribution is -0.127. The Morgan fingerprint density at radius 2 is 1.86 bits per heavy atom. The van der Waals surface area contributed by atoms with Crippen LogP contribution in [-0.2, 0) is 9.53 Å². The first-order chi connectivity index (χ1) is 10.7. The van der Waals surface area contributed by atoms with Crippen molar-refractivity contribution in [3.63, 3.8) is 0 Å². The lowest BCUT2D eigenvalue weighted by Gasteiger charge is -2.47. The summed E-state index contributed by atoms with van der Waals surface area (Å²) in [5.41, 5.74) is 0.170. The molecule has 4 nitrogen and oxygen atoms in total. The third-order valence-corrected chi connectivity index (χ3v) is 6.92. The zero-order chi connectivity index (χ0) is 15.4. The molecule has 3 fully saturated rings. The molecule has 1 atom stereocenters. The molecule has 2 aliphatic heterocycles. The van der Waals surface area contributed by atoms with Gasteiger partial charge in [-0.15, -0.1) is 0 Å². The van der Waals surface area contributed by atoms with Crippen LogP contribution in [-0.4, -0.2) is 60.2 Å². The van der Waals surface area contributed by atoms with Crippen LogP contribution < -0.4 is 5.32 Å². The lowest BCUT2D eigenvalue weighted by Crippen LogP contribution is -2.62. The molecule has 1 N–H and O–H groups in total. The Kier molecular flexibility index (Phi) is 5.69. The smallest absolute Gasteiger partial charge is 0.223 e.